The quantitative estimate of drug-likeness (QED) is 0.367. The van der Waals surface area contributed by atoms with Crippen LogP contribution in [0.15, 0.2) is 17.5 Å². The molecule has 2 unspecified atom stereocenters. The number of rotatable bonds is 3. The predicted molar refractivity (Wildman–Crippen MR) is 66.6 cm³/mol. The van der Waals surface area contributed by atoms with E-state index in [9.17, 15) is 0 Å². The lowest BCUT2D eigenvalue weighted by molar-refractivity contribution is 0.123. The maximum atomic E-state index is 8.70. The van der Waals surface area contributed by atoms with E-state index in [-0.39, 0.29) is 11.9 Å². The molecule has 2 rings (SSSR count). The van der Waals surface area contributed by atoms with Crippen molar-refractivity contribution in [3.8, 4) is 5.88 Å². The first kappa shape index (κ1) is 12.6. The van der Waals surface area contributed by atoms with Gasteiger partial charge in [-0.05, 0) is 25.2 Å². The molecule has 1 heterocycles. The summed E-state index contributed by atoms with van der Waals surface area (Å²) in [6.07, 6.45) is 7.58. The molecule has 0 amide bonds. The van der Waals surface area contributed by atoms with Crippen molar-refractivity contribution in [3.63, 3.8) is 0 Å². The minimum atomic E-state index is -0.0815. The van der Waals surface area contributed by atoms with Gasteiger partial charge in [-0.3, -0.25) is 0 Å². The summed E-state index contributed by atoms with van der Waals surface area (Å²) in [4.78, 5) is 8.14. The van der Waals surface area contributed by atoms with Gasteiger partial charge in [0.2, 0.25) is 5.88 Å². The average molecular weight is 250 g/mol. The normalized spacial score (nSPS) is 24.8. The largest absolute Gasteiger partial charge is 0.473 e. The molecule has 0 saturated heterocycles. The average Bonchev–Trinajstić information content (AvgIpc) is 2.38. The van der Waals surface area contributed by atoms with Crippen molar-refractivity contribution >= 4 is 5.84 Å². The van der Waals surface area contributed by atoms with Crippen LogP contribution in [0.1, 0.15) is 38.3 Å². The topological polar surface area (TPSA) is 93.6 Å². The Balaban J connectivity index is 2.13. The van der Waals surface area contributed by atoms with E-state index in [2.05, 4.69) is 22.0 Å². The van der Waals surface area contributed by atoms with Crippen molar-refractivity contribution in [2.45, 2.75) is 38.7 Å². The second kappa shape index (κ2) is 5.66. The highest BCUT2D eigenvalue weighted by atomic mass is 16.5. The molecule has 6 heteroatoms. The van der Waals surface area contributed by atoms with Gasteiger partial charge in [0.15, 0.2) is 11.5 Å². The van der Waals surface area contributed by atoms with Crippen molar-refractivity contribution < 1.29 is 9.94 Å². The summed E-state index contributed by atoms with van der Waals surface area (Å²) >= 11 is 0. The van der Waals surface area contributed by atoms with Crippen LogP contribution in [0.5, 0.6) is 5.88 Å². The van der Waals surface area contributed by atoms with E-state index in [1.807, 2.05) is 0 Å². The third-order valence-corrected chi connectivity index (χ3v) is 3.18. The fourth-order valence-corrected chi connectivity index (χ4v) is 2.28. The van der Waals surface area contributed by atoms with Crippen LogP contribution in [0.2, 0.25) is 0 Å². The second-order valence-corrected chi connectivity index (χ2v) is 4.71. The van der Waals surface area contributed by atoms with E-state index in [0.717, 1.165) is 19.3 Å². The van der Waals surface area contributed by atoms with Gasteiger partial charge in [-0.15, -0.1) is 0 Å². The fourth-order valence-electron chi connectivity index (χ4n) is 2.28. The zero-order valence-electron chi connectivity index (χ0n) is 10.4. The molecule has 1 fully saturated rings. The first-order valence-corrected chi connectivity index (χ1v) is 6.16. The molecule has 1 aromatic heterocycles. The fraction of sp³-hybridized carbons (Fsp3) is 0.583. The first-order chi connectivity index (χ1) is 8.70. The van der Waals surface area contributed by atoms with Crippen LogP contribution < -0.4 is 10.5 Å². The summed E-state index contributed by atoms with van der Waals surface area (Å²) < 4.78 is 5.83. The SMILES string of the molecule is CC1CCCC(Oc2nccnc2/C(N)=N/O)C1. The minimum Gasteiger partial charge on any atom is -0.473 e. The number of hydrogen-bond donors (Lipinski definition) is 2. The van der Waals surface area contributed by atoms with E-state index >= 15 is 0 Å². The summed E-state index contributed by atoms with van der Waals surface area (Å²) in [6, 6.07) is 0. The summed E-state index contributed by atoms with van der Waals surface area (Å²) in [6.45, 7) is 2.22. The van der Waals surface area contributed by atoms with Crippen LogP contribution in [0.4, 0.5) is 0 Å². The maximum Gasteiger partial charge on any atom is 0.244 e. The Kier molecular flexibility index (Phi) is 3.96. The molecule has 2 atom stereocenters. The van der Waals surface area contributed by atoms with Crippen molar-refractivity contribution in [2.24, 2.45) is 16.8 Å². The van der Waals surface area contributed by atoms with Crippen LogP contribution in [-0.2, 0) is 0 Å². The van der Waals surface area contributed by atoms with E-state index < -0.39 is 0 Å². The third kappa shape index (κ3) is 2.88. The Hall–Kier alpha value is -1.85. The number of amidine groups is 1. The highest BCUT2D eigenvalue weighted by Crippen LogP contribution is 2.27. The molecule has 1 saturated carbocycles. The van der Waals surface area contributed by atoms with E-state index in [0.29, 0.717) is 17.5 Å². The molecule has 18 heavy (non-hydrogen) atoms. The lowest BCUT2D eigenvalue weighted by Gasteiger charge is -2.27. The van der Waals surface area contributed by atoms with Crippen LogP contribution in [0.3, 0.4) is 0 Å². The highest BCUT2D eigenvalue weighted by molar-refractivity contribution is 5.97. The molecule has 98 valence electrons. The number of nitrogens with two attached hydrogens (primary N) is 1. The van der Waals surface area contributed by atoms with Gasteiger partial charge < -0.3 is 15.7 Å². The van der Waals surface area contributed by atoms with Crippen LogP contribution >= 0.6 is 0 Å². The van der Waals surface area contributed by atoms with Gasteiger partial charge in [-0.2, -0.15) is 0 Å². The molecule has 0 radical (unpaired) electrons. The van der Waals surface area contributed by atoms with Crippen LogP contribution in [0.25, 0.3) is 0 Å². The minimum absolute atomic E-state index is 0.0815. The van der Waals surface area contributed by atoms with Gasteiger partial charge >= 0.3 is 0 Å². The Morgan fingerprint density at radius 1 is 1.44 bits per heavy atom. The molecule has 1 aliphatic rings. The summed E-state index contributed by atoms with van der Waals surface area (Å²) in [5, 5.41) is 11.6. The highest BCUT2D eigenvalue weighted by Gasteiger charge is 2.22. The van der Waals surface area contributed by atoms with Crippen LogP contribution in [0, 0.1) is 5.92 Å². The molecular formula is C12H18N4O2. The Bertz CT molecular complexity index is 436. The number of nitrogens with zero attached hydrogens (tertiary/aromatic N) is 3. The lowest BCUT2D eigenvalue weighted by Crippen LogP contribution is -2.26. The van der Waals surface area contributed by atoms with Gasteiger partial charge in [0, 0.05) is 12.4 Å². The number of ether oxygens (including phenoxy) is 1. The predicted octanol–water partition coefficient (Wildman–Crippen LogP) is 1.53. The zero-order valence-corrected chi connectivity index (χ0v) is 10.4. The third-order valence-electron chi connectivity index (χ3n) is 3.18. The molecule has 0 spiro atoms. The standard InChI is InChI=1S/C12H18N4O2/c1-8-3-2-4-9(7-8)18-12-10(11(13)16-17)14-5-6-15-12/h5-6,8-9,17H,2-4,7H2,1H3,(H2,13,16). The number of oxime groups is 1. The second-order valence-electron chi connectivity index (χ2n) is 4.71. The van der Waals surface area contributed by atoms with E-state index in [1.54, 1.807) is 0 Å². The summed E-state index contributed by atoms with van der Waals surface area (Å²) in [7, 11) is 0. The maximum absolute atomic E-state index is 8.70. The van der Waals surface area contributed by atoms with Gasteiger partial charge in [-0.1, -0.05) is 18.5 Å². The molecule has 1 aromatic rings. The van der Waals surface area contributed by atoms with Gasteiger partial charge in [0.05, 0.1) is 0 Å². The van der Waals surface area contributed by atoms with Crippen molar-refractivity contribution in [1.82, 2.24) is 9.97 Å². The molecule has 3 N–H and O–H groups in total. The van der Waals surface area contributed by atoms with Crippen molar-refractivity contribution in [1.29, 1.82) is 0 Å². The molecule has 6 nitrogen and oxygen atoms in total. The Morgan fingerprint density at radius 2 is 2.22 bits per heavy atom. The Labute approximate surface area is 106 Å². The van der Waals surface area contributed by atoms with Crippen LogP contribution in [-0.4, -0.2) is 27.1 Å². The number of hydrogen-bond acceptors (Lipinski definition) is 5. The van der Waals surface area contributed by atoms with Crippen molar-refractivity contribution in [3.05, 3.63) is 18.1 Å². The van der Waals surface area contributed by atoms with Gasteiger partial charge in [-0.25, -0.2) is 9.97 Å². The van der Waals surface area contributed by atoms with E-state index in [1.165, 1.54) is 18.8 Å². The summed E-state index contributed by atoms with van der Waals surface area (Å²) in [5.74, 6) is 0.918. The number of aromatic nitrogens is 2. The Morgan fingerprint density at radius 3 is 2.94 bits per heavy atom. The molecule has 0 bridgehead atoms. The van der Waals surface area contributed by atoms with Crippen molar-refractivity contribution in [2.75, 3.05) is 0 Å². The summed E-state index contributed by atoms with van der Waals surface area (Å²) in [5.41, 5.74) is 5.84. The molecule has 0 aromatic carbocycles. The zero-order chi connectivity index (χ0) is 13.0. The first-order valence-electron chi connectivity index (χ1n) is 6.16. The molecular weight excluding hydrogens is 232 g/mol. The smallest absolute Gasteiger partial charge is 0.244 e. The van der Waals surface area contributed by atoms with Gasteiger partial charge in [0.1, 0.15) is 6.10 Å². The van der Waals surface area contributed by atoms with E-state index in [4.69, 9.17) is 15.7 Å². The monoisotopic (exact) mass is 250 g/mol. The lowest BCUT2D eigenvalue weighted by atomic mass is 9.89. The molecule has 0 aliphatic heterocycles. The van der Waals surface area contributed by atoms with Gasteiger partial charge in [0.25, 0.3) is 0 Å². The molecule has 1 aliphatic carbocycles.